The van der Waals surface area contributed by atoms with E-state index < -0.39 is 6.61 Å². The zero-order valence-electron chi connectivity index (χ0n) is 19.2. The molecule has 172 valence electrons. The molecule has 0 saturated carbocycles. The van der Waals surface area contributed by atoms with Crippen LogP contribution in [0.5, 0.6) is 5.75 Å². The van der Waals surface area contributed by atoms with Crippen molar-refractivity contribution in [3.05, 3.63) is 101 Å². The molecule has 0 aliphatic heterocycles. The van der Waals surface area contributed by atoms with Crippen molar-refractivity contribution in [1.29, 1.82) is 5.26 Å². The molecular weight excluding hydrogens is 444 g/mol. The molecule has 0 atom stereocenters. The Kier molecular flexibility index (Phi) is 5.76. The average molecular weight is 466 g/mol. The second kappa shape index (κ2) is 9.03. The predicted octanol–water partition coefficient (Wildman–Crippen LogP) is 7.41. The Morgan fingerprint density at radius 3 is 2.43 bits per heavy atom. The van der Waals surface area contributed by atoms with Gasteiger partial charge in [-0.1, -0.05) is 54.6 Å². The first-order valence-electron chi connectivity index (χ1n) is 11.1. The minimum atomic E-state index is -2.93. The van der Waals surface area contributed by atoms with Gasteiger partial charge >= 0.3 is 6.61 Å². The van der Waals surface area contributed by atoms with Gasteiger partial charge in [0.1, 0.15) is 17.4 Å². The van der Waals surface area contributed by atoms with Crippen LogP contribution in [-0.4, -0.2) is 16.0 Å². The summed E-state index contributed by atoms with van der Waals surface area (Å²) in [4.78, 5) is 4.77. The van der Waals surface area contributed by atoms with E-state index in [0.717, 1.165) is 27.9 Å². The third kappa shape index (κ3) is 4.13. The summed E-state index contributed by atoms with van der Waals surface area (Å²) in [5.41, 5.74) is 7.95. The standard InChI is InChI=1S/C29H21F2N3O/c1-18-11-12-22(15-19(18)2)26-16-21(14-13-20-7-3-6-10-27(20)35-29(30)31)23(17-32)28-33-24-8-4-5-9-25(24)34(26)28/h3-16,29H,1-2H3. The van der Waals surface area contributed by atoms with Gasteiger partial charge in [-0.25, -0.2) is 4.98 Å². The van der Waals surface area contributed by atoms with Gasteiger partial charge in [-0.15, -0.1) is 0 Å². The smallest absolute Gasteiger partial charge is 0.387 e. The number of halogens is 2. The van der Waals surface area contributed by atoms with Crippen molar-refractivity contribution in [2.24, 2.45) is 0 Å². The molecule has 5 rings (SSSR count). The maximum absolute atomic E-state index is 12.9. The average Bonchev–Trinajstić information content (AvgIpc) is 3.23. The van der Waals surface area contributed by atoms with E-state index in [2.05, 4.69) is 42.9 Å². The first kappa shape index (κ1) is 22.3. The van der Waals surface area contributed by atoms with E-state index in [1.807, 2.05) is 34.7 Å². The van der Waals surface area contributed by atoms with Crippen molar-refractivity contribution in [1.82, 2.24) is 9.38 Å². The Labute approximate surface area is 201 Å². The molecule has 3 aromatic carbocycles. The molecule has 6 heteroatoms. The van der Waals surface area contributed by atoms with Gasteiger partial charge in [0.2, 0.25) is 0 Å². The molecule has 0 aliphatic carbocycles. The summed E-state index contributed by atoms with van der Waals surface area (Å²) in [5.74, 6) is 0.0688. The third-order valence-electron chi connectivity index (χ3n) is 6.10. The van der Waals surface area contributed by atoms with Crippen molar-refractivity contribution >= 4 is 28.8 Å². The molecular formula is C29H21F2N3O. The number of ether oxygens (including phenoxy) is 1. The second-order valence-electron chi connectivity index (χ2n) is 8.28. The van der Waals surface area contributed by atoms with E-state index in [-0.39, 0.29) is 5.75 Å². The number of hydrogen-bond acceptors (Lipinski definition) is 3. The molecule has 35 heavy (non-hydrogen) atoms. The lowest BCUT2D eigenvalue weighted by atomic mass is 10.00. The Hall–Kier alpha value is -4.50. The fourth-order valence-corrected chi connectivity index (χ4v) is 4.21. The highest BCUT2D eigenvalue weighted by Crippen LogP contribution is 2.32. The van der Waals surface area contributed by atoms with Crippen LogP contribution in [-0.2, 0) is 0 Å². The van der Waals surface area contributed by atoms with Gasteiger partial charge in [0.25, 0.3) is 0 Å². The molecule has 0 radical (unpaired) electrons. The summed E-state index contributed by atoms with van der Waals surface area (Å²) in [7, 11) is 0. The Morgan fingerprint density at radius 1 is 0.914 bits per heavy atom. The SMILES string of the molecule is Cc1ccc(-c2cc(C=Cc3ccccc3OC(F)F)c(C#N)c3nc4ccccc4n23)cc1C. The van der Waals surface area contributed by atoms with Crippen molar-refractivity contribution in [2.75, 3.05) is 0 Å². The first-order chi connectivity index (χ1) is 17.0. The maximum atomic E-state index is 12.9. The number of benzene rings is 3. The van der Waals surface area contributed by atoms with Crippen LogP contribution in [0.4, 0.5) is 8.78 Å². The van der Waals surface area contributed by atoms with Gasteiger partial charge in [0.05, 0.1) is 16.7 Å². The largest absolute Gasteiger partial charge is 0.434 e. The Bertz CT molecular complexity index is 1640. The van der Waals surface area contributed by atoms with E-state index >= 15 is 0 Å². The van der Waals surface area contributed by atoms with Gasteiger partial charge < -0.3 is 4.74 Å². The predicted molar refractivity (Wildman–Crippen MR) is 134 cm³/mol. The molecule has 0 saturated heterocycles. The summed E-state index contributed by atoms with van der Waals surface area (Å²) in [6, 6.07) is 24.8. The van der Waals surface area contributed by atoms with Gasteiger partial charge in [0, 0.05) is 5.56 Å². The third-order valence-corrected chi connectivity index (χ3v) is 6.10. The number of aryl methyl sites for hydroxylation is 2. The van der Waals surface area contributed by atoms with Crippen molar-refractivity contribution in [3.63, 3.8) is 0 Å². The van der Waals surface area contributed by atoms with E-state index in [4.69, 9.17) is 4.98 Å². The van der Waals surface area contributed by atoms with Gasteiger partial charge in [-0.3, -0.25) is 4.40 Å². The highest BCUT2D eigenvalue weighted by molar-refractivity contribution is 5.89. The lowest BCUT2D eigenvalue weighted by Gasteiger charge is -2.13. The molecule has 0 amide bonds. The zero-order chi connectivity index (χ0) is 24.5. The highest BCUT2D eigenvalue weighted by atomic mass is 19.3. The number of alkyl halides is 2. The van der Waals surface area contributed by atoms with Gasteiger partial charge in [0.15, 0.2) is 5.65 Å². The fourth-order valence-electron chi connectivity index (χ4n) is 4.21. The van der Waals surface area contributed by atoms with Crippen molar-refractivity contribution in [2.45, 2.75) is 20.5 Å². The molecule has 2 heterocycles. The molecule has 0 aliphatic rings. The van der Waals surface area contributed by atoms with E-state index in [0.29, 0.717) is 22.3 Å². The summed E-state index contributed by atoms with van der Waals surface area (Å²) in [6.07, 6.45) is 3.42. The molecule has 5 aromatic rings. The van der Waals surface area contributed by atoms with Crippen LogP contribution in [0.1, 0.15) is 27.8 Å². The van der Waals surface area contributed by atoms with Crippen LogP contribution >= 0.6 is 0 Å². The van der Waals surface area contributed by atoms with Crippen LogP contribution in [0, 0.1) is 25.2 Å². The number of fused-ring (bicyclic) bond motifs is 3. The maximum Gasteiger partial charge on any atom is 0.387 e. The number of pyridine rings is 1. The number of hydrogen-bond donors (Lipinski definition) is 0. The molecule has 0 unspecified atom stereocenters. The molecule has 0 N–H and O–H groups in total. The summed E-state index contributed by atoms with van der Waals surface area (Å²) in [5, 5.41) is 10.1. The Morgan fingerprint density at radius 2 is 1.66 bits per heavy atom. The monoisotopic (exact) mass is 465 g/mol. The minimum Gasteiger partial charge on any atom is -0.434 e. The minimum absolute atomic E-state index is 0.0688. The quantitative estimate of drug-likeness (QED) is 0.271. The van der Waals surface area contributed by atoms with Gasteiger partial charge in [-0.05, 0) is 66.4 Å². The van der Waals surface area contributed by atoms with E-state index in [9.17, 15) is 14.0 Å². The molecule has 0 fully saturated rings. The topological polar surface area (TPSA) is 50.3 Å². The van der Waals surface area contributed by atoms with Crippen LogP contribution < -0.4 is 4.74 Å². The molecule has 4 nitrogen and oxygen atoms in total. The second-order valence-corrected chi connectivity index (χ2v) is 8.28. The number of para-hydroxylation sites is 3. The lowest BCUT2D eigenvalue weighted by molar-refractivity contribution is -0.0499. The van der Waals surface area contributed by atoms with Crippen LogP contribution in [0.15, 0.2) is 72.8 Å². The summed E-state index contributed by atoms with van der Waals surface area (Å²) >= 11 is 0. The lowest BCUT2D eigenvalue weighted by Crippen LogP contribution is -2.03. The van der Waals surface area contributed by atoms with Crippen LogP contribution in [0.25, 0.3) is 40.1 Å². The summed E-state index contributed by atoms with van der Waals surface area (Å²) in [6.45, 7) is 1.20. The number of imidazole rings is 1. The first-order valence-corrected chi connectivity index (χ1v) is 11.1. The van der Waals surface area contributed by atoms with E-state index in [1.165, 1.54) is 11.6 Å². The molecule has 2 aromatic heterocycles. The fraction of sp³-hybridized carbons (Fsp3) is 0.103. The molecule has 0 spiro atoms. The van der Waals surface area contributed by atoms with Crippen molar-refractivity contribution in [3.8, 4) is 23.1 Å². The summed E-state index contributed by atoms with van der Waals surface area (Å²) < 4.78 is 32.4. The Balaban J connectivity index is 1.77. The normalized spacial score (nSPS) is 11.5. The number of nitrogens with zero attached hydrogens (tertiary/aromatic N) is 3. The van der Waals surface area contributed by atoms with Crippen molar-refractivity contribution < 1.29 is 13.5 Å². The van der Waals surface area contributed by atoms with E-state index in [1.54, 1.807) is 30.4 Å². The molecule has 0 bridgehead atoms. The highest BCUT2D eigenvalue weighted by Gasteiger charge is 2.17. The van der Waals surface area contributed by atoms with Gasteiger partial charge in [-0.2, -0.15) is 14.0 Å². The van der Waals surface area contributed by atoms with Crippen LogP contribution in [0.2, 0.25) is 0 Å². The zero-order valence-corrected chi connectivity index (χ0v) is 19.2. The van der Waals surface area contributed by atoms with Crippen LogP contribution in [0.3, 0.4) is 0 Å². The number of nitriles is 1. The number of aromatic nitrogens is 2. The number of rotatable bonds is 5.